The third-order valence-corrected chi connectivity index (χ3v) is 6.92. The summed E-state index contributed by atoms with van der Waals surface area (Å²) in [5.74, 6) is 0.602. The van der Waals surface area contributed by atoms with Crippen molar-refractivity contribution in [2.75, 3.05) is 6.16 Å². The molecule has 0 bridgehead atoms. The van der Waals surface area contributed by atoms with Crippen LogP contribution < -0.4 is 10.6 Å². The molecule has 0 spiro atoms. The molecule has 0 unspecified atom stereocenters. The molecule has 0 nitrogen and oxygen atoms in total. The Morgan fingerprint density at radius 1 is 0.667 bits per heavy atom. The van der Waals surface area contributed by atoms with Gasteiger partial charge < -0.3 is 0 Å². The van der Waals surface area contributed by atoms with Crippen LogP contribution in [-0.4, -0.2) is 6.16 Å². The van der Waals surface area contributed by atoms with Gasteiger partial charge in [0, 0.05) is 0 Å². The van der Waals surface area contributed by atoms with Crippen LogP contribution in [0.25, 0.3) is 0 Å². The molecule has 0 saturated heterocycles. The predicted octanol–water partition coefficient (Wildman–Crippen LogP) is 5.49. The van der Waals surface area contributed by atoms with Gasteiger partial charge in [-0.15, -0.1) is 0 Å². The highest BCUT2D eigenvalue weighted by Gasteiger charge is 2.13. The Morgan fingerprint density at radius 2 is 1.17 bits per heavy atom. The van der Waals surface area contributed by atoms with Gasteiger partial charge in [-0.3, -0.25) is 0 Å². The van der Waals surface area contributed by atoms with Gasteiger partial charge in [-0.25, -0.2) is 0 Å². The van der Waals surface area contributed by atoms with E-state index in [0.29, 0.717) is 5.92 Å². The van der Waals surface area contributed by atoms with Crippen LogP contribution in [0.2, 0.25) is 0 Å². The van der Waals surface area contributed by atoms with Crippen molar-refractivity contribution in [2.24, 2.45) is 0 Å². The van der Waals surface area contributed by atoms with E-state index in [4.69, 9.17) is 0 Å². The fourth-order valence-corrected chi connectivity index (χ4v) is 5.29. The highest BCUT2D eigenvalue weighted by molar-refractivity contribution is 7.73. The van der Waals surface area contributed by atoms with E-state index in [1.807, 2.05) is 0 Å². The van der Waals surface area contributed by atoms with Crippen LogP contribution in [0.4, 0.5) is 0 Å². The summed E-state index contributed by atoms with van der Waals surface area (Å²) in [7, 11) is -0.295. The molecule has 0 aliphatic rings. The van der Waals surface area contributed by atoms with Crippen LogP contribution in [0.1, 0.15) is 30.9 Å². The zero-order chi connectivity index (χ0) is 16.8. The SMILES string of the molecule is CC(C)c1ccc(CCP(c2ccccc2)c2ccccc2)cc1. The average molecular weight is 332 g/mol. The van der Waals surface area contributed by atoms with Crippen molar-refractivity contribution in [2.45, 2.75) is 26.2 Å². The molecule has 3 aromatic rings. The molecule has 0 N–H and O–H groups in total. The maximum atomic E-state index is 2.30. The van der Waals surface area contributed by atoms with Gasteiger partial charge in [-0.1, -0.05) is 98.8 Å². The third kappa shape index (κ3) is 4.34. The first kappa shape index (κ1) is 16.9. The lowest BCUT2D eigenvalue weighted by Gasteiger charge is -2.19. The van der Waals surface area contributed by atoms with Crippen molar-refractivity contribution in [1.82, 2.24) is 0 Å². The van der Waals surface area contributed by atoms with Crippen LogP contribution in [-0.2, 0) is 6.42 Å². The minimum atomic E-state index is -0.295. The van der Waals surface area contributed by atoms with Gasteiger partial charge in [-0.05, 0) is 48.2 Å². The van der Waals surface area contributed by atoms with Crippen LogP contribution in [0, 0.1) is 0 Å². The van der Waals surface area contributed by atoms with E-state index >= 15 is 0 Å². The predicted molar refractivity (Wildman–Crippen MR) is 108 cm³/mol. The van der Waals surface area contributed by atoms with E-state index in [9.17, 15) is 0 Å². The van der Waals surface area contributed by atoms with Gasteiger partial charge in [0.15, 0.2) is 0 Å². The Bertz CT molecular complexity index is 691. The van der Waals surface area contributed by atoms with Crippen LogP contribution >= 0.6 is 7.92 Å². The molecule has 0 heterocycles. The molecule has 0 aliphatic heterocycles. The monoisotopic (exact) mass is 332 g/mol. The fraction of sp³-hybridized carbons (Fsp3) is 0.217. The van der Waals surface area contributed by atoms with Crippen molar-refractivity contribution in [1.29, 1.82) is 0 Å². The first-order valence-corrected chi connectivity index (χ1v) is 10.2. The fourth-order valence-electron chi connectivity index (χ4n) is 2.93. The van der Waals surface area contributed by atoms with E-state index in [1.165, 1.54) is 27.9 Å². The summed E-state index contributed by atoms with van der Waals surface area (Å²) in [6.07, 6.45) is 2.33. The summed E-state index contributed by atoms with van der Waals surface area (Å²) < 4.78 is 0. The van der Waals surface area contributed by atoms with Gasteiger partial charge in [0.2, 0.25) is 0 Å². The van der Waals surface area contributed by atoms with Crippen molar-refractivity contribution in [3.8, 4) is 0 Å². The Kier molecular flexibility index (Phi) is 5.83. The molecular weight excluding hydrogens is 307 g/mol. The minimum absolute atomic E-state index is 0.295. The van der Waals surface area contributed by atoms with E-state index in [0.717, 1.165) is 6.42 Å². The molecule has 24 heavy (non-hydrogen) atoms. The average Bonchev–Trinajstić information content (AvgIpc) is 2.64. The van der Waals surface area contributed by atoms with Crippen LogP contribution in [0.15, 0.2) is 84.9 Å². The van der Waals surface area contributed by atoms with E-state index in [2.05, 4.69) is 98.8 Å². The third-order valence-electron chi connectivity index (χ3n) is 4.41. The first-order chi connectivity index (χ1) is 11.7. The van der Waals surface area contributed by atoms with Gasteiger partial charge >= 0.3 is 0 Å². The maximum Gasteiger partial charge on any atom is -0.0195 e. The molecule has 0 amide bonds. The number of benzene rings is 3. The Labute approximate surface area is 147 Å². The van der Waals surface area contributed by atoms with Crippen molar-refractivity contribution >= 4 is 18.5 Å². The quantitative estimate of drug-likeness (QED) is 0.524. The summed E-state index contributed by atoms with van der Waals surface area (Å²) >= 11 is 0. The van der Waals surface area contributed by atoms with Crippen LogP contribution in [0.5, 0.6) is 0 Å². The van der Waals surface area contributed by atoms with E-state index in [-0.39, 0.29) is 7.92 Å². The molecule has 1 heteroatoms. The van der Waals surface area contributed by atoms with Crippen LogP contribution in [0.3, 0.4) is 0 Å². The van der Waals surface area contributed by atoms with E-state index in [1.54, 1.807) is 0 Å². The normalized spacial score (nSPS) is 11.2. The second-order valence-corrected chi connectivity index (χ2v) is 8.81. The maximum absolute atomic E-state index is 2.30. The summed E-state index contributed by atoms with van der Waals surface area (Å²) in [5, 5.41) is 2.94. The highest BCUT2D eigenvalue weighted by atomic mass is 31.1. The molecule has 0 radical (unpaired) electrons. The number of hydrogen-bond acceptors (Lipinski definition) is 0. The summed E-state index contributed by atoms with van der Waals surface area (Å²) in [6, 6.07) is 31.1. The lowest BCUT2D eigenvalue weighted by atomic mass is 10.0. The number of aryl methyl sites for hydroxylation is 1. The molecular formula is C23H25P. The van der Waals surface area contributed by atoms with Gasteiger partial charge in [0.25, 0.3) is 0 Å². The summed E-state index contributed by atoms with van der Waals surface area (Å²) in [5.41, 5.74) is 2.87. The lowest BCUT2D eigenvalue weighted by molar-refractivity contribution is 0.865. The smallest absolute Gasteiger partial charge is 0.0195 e. The number of rotatable bonds is 6. The molecule has 122 valence electrons. The zero-order valence-electron chi connectivity index (χ0n) is 14.5. The minimum Gasteiger partial charge on any atom is -0.0622 e. The van der Waals surface area contributed by atoms with Gasteiger partial charge in [-0.2, -0.15) is 0 Å². The van der Waals surface area contributed by atoms with Crippen molar-refractivity contribution in [3.05, 3.63) is 96.1 Å². The summed E-state index contributed by atoms with van der Waals surface area (Å²) in [6.45, 7) is 4.50. The van der Waals surface area contributed by atoms with Gasteiger partial charge in [0.1, 0.15) is 0 Å². The molecule has 0 aromatic heterocycles. The largest absolute Gasteiger partial charge is 0.0622 e. The van der Waals surface area contributed by atoms with Crippen molar-refractivity contribution < 1.29 is 0 Å². The zero-order valence-corrected chi connectivity index (χ0v) is 15.4. The van der Waals surface area contributed by atoms with Gasteiger partial charge in [0.05, 0.1) is 0 Å². The highest BCUT2D eigenvalue weighted by Crippen LogP contribution is 2.34. The van der Waals surface area contributed by atoms with Crippen molar-refractivity contribution in [3.63, 3.8) is 0 Å². The first-order valence-electron chi connectivity index (χ1n) is 8.70. The second-order valence-electron chi connectivity index (χ2n) is 6.47. The standard InChI is InChI=1S/C23H25P/c1-19(2)21-15-13-20(14-16-21)17-18-24(22-9-5-3-6-10-22)23-11-7-4-8-12-23/h3-16,19H,17-18H2,1-2H3. The molecule has 0 saturated carbocycles. The molecule has 0 fully saturated rings. The second kappa shape index (κ2) is 8.27. The molecule has 0 atom stereocenters. The lowest BCUT2D eigenvalue weighted by Crippen LogP contribution is -2.14. The Morgan fingerprint density at radius 3 is 1.62 bits per heavy atom. The topological polar surface area (TPSA) is 0 Å². The Balaban J connectivity index is 1.77. The Hall–Kier alpha value is -1.91. The molecule has 0 aliphatic carbocycles. The molecule has 3 rings (SSSR count). The van der Waals surface area contributed by atoms with E-state index < -0.39 is 0 Å². The number of hydrogen-bond donors (Lipinski definition) is 0. The molecule has 3 aromatic carbocycles. The summed E-state index contributed by atoms with van der Waals surface area (Å²) in [4.78, 5) is 0.